The number of ether oxygens (including phenoxy) is 2. The molecule has 1 aromatic heterocycles. The van der Waals surface area contributed by atoms with Crippen molar-refractivity contribution >= 4 is 11.7 Å². The third-order valence-electron chi connectivity index (χ3n) is 3.83. The maximum Gasteiger partial charge on any atom is 0.264 e. The fraction of sp³-hybridized carbons (Fsp3) is 0.158. The quantitative estimate of drug-likeness (QED) is 0.736. The van der Waals surface area contributed by atoms with Crippen LogP contribution < -0.4 is 14.8 Å². The third kappa shape index (κ3) is 3.66. The predicted octanol–water partition coefficient (Wildman–Crippen LogP) is 3.34. The molecule has 0 aliphatic carbocycles. The van der Waals surface area contributed by atoms with E-state index < -0.39 is 5.91 Å². The molecule has 3 aromatic rings. The molecule has 1 amide bonds. The van der Waals surface area contributed by atoms with Gasteiger partial charge in [0.25, 0.3) is 5.91 Å². The van der Waals surface area contributed by atoms with Gasteiger partial charge < -0.3 is 14.8 Å². The monoisotopic (exact) mass is 355 g/mol. The second-order valence-electron chi connectivity index (χ2n) is 5.48. The van der Waals surface area contributed by atoms with Crippen LogP contribution in [0.3, 0.4) is 0 Å². The molecule has 0 radical (unpaired) electrons. The molecule has 134 valence electrons. The summed E-state index contributed by atoms with van der Waals surface area (Å²) in [6, 6.07) is 13.2. The number of carbonyl (C=O) groups is 1. The lowest BCUT2D eigenvalue weighted by atomic mass is 10.1. The van der Waals surface area contributed by atoms with Crippen LogP contribution in [0.5, 0.6) is 11.5 Å². The molecule has 3 rings (SSSR count). The zero-order chi connectivity index (χ0) is 18.5. The van der Waals surface area contributed by atoms with E-state index in [1.807, 2.05) is 0 Å². The maximum absolute atomic E-state index is 13.7. The van der Waals surface area contributed by atoms with E-state index >= 15 is 0 Å². The summed E-state index contributed by atoms with van der Waals surface area (Å²) in [7, 11) is 2.96. The van der Waals surface area contributed by atoms with Crippen molar-refractivity contribution in [2.45, 2.75) is 6.54 Å². The van der Waals surface area contributed by atoms with Crippen LogP contribution in [-0.4, -0.2) is 29.9 Å². The predicted molar refractivity (Wildman–Crippen MR) is 95.2 cm³/mol. The number of anilines is 1. The van der Waals surface area contributed by atoms with E-state index in [1.54, 1.807) is 53.3 Å². The van der Waals surface area contributed by atoms with Crippen molar-refractivity contribution in [1.29, 1.82) is 0 Å². The standard InChI is InChI=1S/C19H18FN3O3/c1-25-15-8-5-9-16(26-2)18(15)19(24)21-17-10-11-23(22-17)12-13-6-3-4-7-14(13)20/h3-11H,12H2,1-2H3,(H,21,22,24). The van der Waals surface area contributed by atoms with Crippen molar-refractivity contribution in [3.05, 3.63) is 71.7 Å². The lowest BCUT2D eigenvalue weighted by Crippen LogP contribution is -2.15. The Labute approximate surface area is 150 Å². The number of halogens is 1. The molecule has 0 aliphatic rings. The molecule has 2 aromatic carbocycles. The van der Waals surface area contributed by atoms with Crippen LogP contribution in [0.4, 0.5) is 10.2 Å². The van der Waals surface area contributed by atoms with Gasteiger partial charge in [-0.25, -0.2) is 4.39 Å². The number of amides is 1. The van der Waals surface area contributed by atoms with Crippen molar-refractivity contribution in [2.24, 2.45) is 0 Å². The highest BCUT2D eigenvalue weighted by Crippen LogP contribution is 2.28. The van der Waals surface area contributed by atoms with Crippen LogP contribution in [0.25, 0.3) is 0 Å². The van der Waals surface area contributed by atoms with E-state index in [-0.39, 0.29) is 17.9 Å². The lowest BCUT2D eigenvalue weighted by Gasteiger charge is -2.12. The normalized spacial score (nSPS) is 10.4. The van der Waals surface area contributed by atoms with E-state index in [9.17, 15) is 9.18 Å². The minimum absolute atomic E-state index is 0.264. The van der Waals surface area contributed by atoms with Crippen molar-refractivity contribution < 1.29 is 18.7 Å². The first-order valence-corrected chi connectivity index (χ1v) is 7.91. The van der Waals surface area contributed by atoms with Crippen LogP contribution >= 0.6 is 0 Å². The van der Waals surface area contributed by atoms with Gasteiger partial charge in [0, 0.05) is 17.8 Å². The first-order chi connectivity index (χ1) is 12.6. The number of carbonyl (C=O) groups excluding carboxylic acids is 1. The van der Waals surface area contributed by atoms with E-state index in [1.165, 1.54) is 20.3 Å². The first kappa shape index (κ1) is 17.5. The van der Waals surface area contributed by atoms with Crippen molar-refractivity contribution in [3.8, 4) is 11.5 Å². The van der Waals surface area contributed by atoms with Crippen molar-refractivity contribution in [2.75, 3.05) is 19.5 Å². The van der Waals surface area contributed by atoms with Crippen molar-refractivity contribution in [1.82, 2.24) is 9.78 Å². The van der Waals surface area contributed by atoms with Gasteiger partial charge >= 0.3 is 0 Å². The van der Waals surface area contributed by atoms with E-state index in [0.717, 1.165) is 0 Å². The Kier molecular flexibility index (Phi) is 5.17. The molecule has 0 atom stereocenters. The number of nitrogens with zero attached hydrogens (tertiary/aromatic N) is 2. The van der Waals surface area contributed by atoms with Gasteiger partial charge in [0.15, 0.2) is 5.82 Å². The van der Waals surface area contributed by atoms with Gasteiger partial charge in [0.1, 0.15) is 22.9 Å². The highest BCUT2D eigenvalue weighted by atomic mass is 19.1. The summed E-state index contributed by atoms with van der Waals surface area (Å²) in [4.78, 5) is 12.6. The van der Waals surface area contributed by atoms with Gasteiger partial charge in [0.05, 0.1) is 20.8 Å². The molecule has 0 saturated carbocycles. The highest BCUT2D eigenvalue weighted by Gasteiger charge is 2.19. The zero-order valence-electron chi connectivity index (χ0n) is 14.4. The average Bonchev–Trinajstić information content (AvgIpc) is 3.09. The molecule has 0 saturated heterocycles. The fourth-order valence-electron chi connectivity index (χ4n) is 2.57. The summed E-state index contributed by atoms with van der Waals surface area (Å²) in [6.45, 7) is 0.264. The van der Waals surface area contributed by atoms with Gasteiger partial charge in [-0.15, -0.1) is 0 Å². The summed E-state index contributed by atoms with van der Waals surface area (Å²) in [5.41, 5.74) is 0.793. The Morgan fingerprint density at radius 1 is 1.08 bits per heavy atom. The molecule has 7 heteroatoms. The number of hydrogen-bond acceptors (Lipinski definition) is 4. The average molecular weight is 355 g/mol. The summed E-state index contributed by atoms with van der Waals surface area (Å²) in [6.07, 6.45) is 1.67. The van der Waals surface area contributed by atoms with Gasteiger partial charge in [-0.3, -0.25) is 9.48 Å². The second-order valence-corrected chi connectivity index (χ2v) is 5.48. The smallest absolute Gasteiger partial charge is 0.264 e. The Balaban J connectivity index is 1.78. The summed E-state index contributed by atoms with van der Waals surface area (Å²) in [5, 5.41) is 6.96. The summed E-state index contributed by atoms with van der Waals surface area (Å²) < 4.78 is 25.8. The second kappa shape index (κ2) is 7.69. The van der Waals surface area contributed by atoms with Crippen LogP contribution in [0.15, 0.2) is 54.7 Å². The molecule has 0 unspecified atom stereocenters. The minimum Gasteiger partial charge on any atom is -0.496 e. The Morgan fingerprint density at radius 3 is 2.42 bits per heavy atom. The number of methoxy groups -OCH3 is 2. The Hall–Kier alpha value is -3.35. The maximum atomic E-state index is 13.7. The molecule has 0 fully saturated rings. The third-order valence-corrected chi connectivity index (χ3v) is 3.83. The Bertz CT molecular complexity index is 902. The number of hydrogen-bond donors (Lipinski definition) is 1. The zero-order valence-corrected chi connectivity index (χ0v) is 14.4. The lowest BCUT2D eigenvalue weighted by molar-refractivity contribution is 0.102. The van der Waals surface area contributed by atoms with Gasteiger partial charge in [0.2, 0.25) is 0 Å². The fourth-order valence-corrected chi connectivity index (χ4v) is 2.57. The molecule has 6 nitrogen and oxygen atoms in total. The van der Waals surface area contributed by atoms with E-state index in [2.05, 4.69) is 10.4 Å². The van der Waals surface area contributed by atoms with Crippen LogP contribution in [-0.2, 0) is 6.54 Å². The van der Waals surface area contributed by atoms with Crippen LogP contribution in [0, 0.1) is 5.82 Å². The van der Waals surface area contributed by atoms with Crippen molar-refractivity contribution in [3.63, 3.8) is 0 Å². The molecule has 0 bridgehead atoms. The molecule has 1 heterocycles. The SMILES string of the molecule is COc1cccc(OC)c1C(=O)Nc1ccn(Cc2ccccc2F)n1. The van der Waals surface area contributed by atoms with E-state index in [0.29, 0.717) is 22.9 Å². The number of rotatable bonds is 6. The number of nitrogens with one attached hydrogen (secondary N) is 1. The number of aromatic nitrogens is 2. The van der Waals surface area contributed by atoms with Gasteiger partial charge in [-0.05, 0) is 18.2 Å². The first-order valence-electron chi connectivity index (χ1n) is 7.91. The van der Waals surface area contributed by atoms with Crippen LogP contribution in [0.2, 0.25) is 0 Å². The molecule has 0 aliphatic heterocycles. The van der Waals surface area contributed by atoms with Gasteiger partial charge in [-0.2, -0.15) is 5.10 Å². The molecule has 1 N–H and O–H groups in total. The topological polar surface area (TPSA) is 65.4 Å². The molecular formula is C19H18FN3O3. The molecule has 26 heavy (non-hydrogen) atoms. The highest BCUT2D eigenvalue weighted by molar-refractivity contribution is 6.07. The van der Waals surface area contributed by atoms with E-state index in [4.69, 9.17) is 9.47 Å². The Morgan fingerprint density at radius 2 is 1.77 bits per heavy atom. The molecular weight excluding hydrogens is 337 g/mol. The summed E-state index contributed by atoms with van der Waals surface area (Å²) in [5.74, 6) is 0.433. The molecule has 0 spiro atoms. The largest absolute Gasteiger partial charge is 0.496 e. The van der Waals surface area contributed by atoms with Crippen LogP contribution in [0.1, 0.15) is 15.9 Å². The minimum atomic E-state index is -0.407. The number of benzene rings is 2. The van der Waals surface area contributed by atoms with Gasteiger partial charge in [-0.1, -0.05) is 24.3 Å². The summed E-state index contributed by atoms with van der Waals surface area (Å²) >= 11 is 0.